The third kappa shape index (κ3) is 3.92. The average molecular weight is 436 g/mol. The van der Waals surface area contributed by atoms with Gasteiger partial charge in [-0.2, -0.15) is 5.10 Å². The fraction of sp³-hybridized carbons (Fsp3) is 0.0909. The van der Waals surface area contributed by atoms with E-state index in [9.17, 15) is 4.79 Å². The molecule has 4 aromatic rings. The summed E-state index contributed by atoms with van der Waals surface area (Å²) in [7, 11) is 0. The van der Waals surface area contributed by atoms with E-state index >= 15 is 0 Å². The SMILES string of the molecule is C[C@@H](Oc1ccc2ccccc2c1)C(=O)N/N=C\c1c[nH]c2ccc(Br)cc12. The molecule has 6 heteroatoms. The summed E-state index contributed by atoms with van der Waals surface area (Å²) in [6.07, 6.45) is 2.80. The molecule has 0 unspecified atom stereocenters. The fourth-order valence-corrected chi connectivity index (χ4v) is 3.34. The summed E-state index contributed by atoms with van der Waals surface area (Å²) in [5.74, 6) is 0.331. The molecule has 0 aliphatic heterocycles. The summed E-state index contributed by atoms with van der Waals surface area (Å²) in [6, 6.07) is 19.7. The van der Waals surface area contributed by atoms with Crippen molar-refractivity contribution in [2.75, 3.05) is 0 Å². The highest BCUT2D eigenvalue weighted by molar-refractivity contribution is 9.10. The molecule has 2 N–H and O–H groups in total. The van der Waals surface area contributed by atoms with Gasteiger partial charge in [-0.3, -0.25) is 4.79 Å². The summed E-state index contributed by atoms with van der Waals surface area (Å²) in [5.41, 5.74) is 4.43. The van der Waals surface area contributed by atoms with Crippen LogP contribution in [-0.2, 0) is 4.79 Å². The number of benzene rings is 3. The topological polar surface area (TPSA) is 66.5 Å². The summed E-state index contributed by atoms with van der Waals surface area (Å²) < 4.78 is 6.74. The smallest absolute Gasteiger partial charge is 0.280 e. The Bertz CT molecular complexity index is 1180. The predicted molar refractivity (Wildman–Crippen MR) is 116 cm³/mol. The highest BCUT2D eigenvalue weighted by Gasteiger charge is 2.14. The Morgan fingerprint density at radius 2 is 1.96 bits per heavy atom. The lowest BCUT2D eigenvalue weighted by atomic mass is 10.1. The van der Waals surface area contributed by atoms with Crippen LogP contribution in [0.3, 0.4) is 0 Å². The maximum Gasteiger partial charge on any atom is 0.280 e. The molecule has 1 amide bonds. The molecule has 4 rings (SSSR count). The number of fused-ring (bicyclic) bond motifs is 2. The number of hydrogen-bond acceptors (Lipinski definition) is 3. The minimum Gasteiger partial charge on any atom is -0.481 e. The van der Waals surface area contributed by atoms with Gasteiger partial charge in [-0.05, 0) is 48.0 Å². The van der Waals surface area contributed by atoms with Gasteiger partial charge in [-0.1, -0.05) is 46.3 Å². The van der Waals surface area contributed by atoms with Gasteiger partial charge < -0.3 is 9.72 Å². The molecule has 5 nitrogen and oxygen atoms in total. The van der Waals surface area contributed by atoms with E-state index in [1.807, 2.05) is 66.9 Å². The van der Waals surface area contributed by atoms with Gasteiger partial charge in [0.05, 0.1) is 6.21 Å². The second-order valence-electron chi connectivity index (χ2n) is 6.44. The molecule has 0 saturated heterocycles. The molecule has 0 aliphatic rings. The van der Waals surface area contributed by atoms with Crippen LogP contribution < -0.4 is 10.2 Å². The molecule has 0 saturated carbocycles. The van der Waals surface area contributed by atoms with E-state index in [-0.39, 0.29) is 5.91 Å². The van der Waals surface area contributed by atoms with Gasteiger partial charge in [0.2, 0.25) is 0 Å². The molecule has 0 radical (unpaired) electrons. The van der Waals surface area contributed by atoms with Gasteiger partial charge in [0.1, 0.15) is 5.75 Å². The van der Waals surface area contributed by atoms with Crippen molar-refractivity contribution in [2.24, 2.45) is 5.10 Å². The lowest BCUT2D eigenvalue weighted by Crippen LogP contribution is -2.33. The minimum absolute atomic E-state index is 0.314. The number of hydrogen-bond donors (Lipinski definition) is 2. The van der Waals surface area contributed by atoms with Crippen molar-refractivity contribution in [3.05, 3.63) is 76.9 Å². The van der Waals surface area contributed by atoms with Crippen LogP contribution in [0.1, 0.15) is 12.5 Å². The molecule has 0 aliphatic carbocycles. The Balaban J connectivity index is 1.40. The molecule has 3 aromatic carbocycles. The number of ether oxygens (including phenoxy) is 1. The Kier molecular flexibility index (Phi) is 5.12. The Labute approximate surface area is 170 Å². The molecular formula is C22H18BrN3O2. The first kappa shape index (κ1) is 18.3. The van der Waals surface area contributed by atoms with Gasteiger partial charge in [0.25, 0.3) is 5.91 Å². The minimum atomic E-state index is -0.671. The van der Waals surface area contributed by atoms with Crippen molar-refractivity contribution >= 4 is 49.7 Å². The van der Waals surface area contributed by atoms with Crippen LogP contribution >= 0.6 is 15.9 Å². The van der Waals surface area contributed by atoms with Crippen LogP contribution in [0.25, 0.3) is 21.7 Å². The first-order valence-electron chi connectivity index (χ1n) is 8.85. The number of carbonyl (C=O) groups excluding carboxylic acids is 1. The third-order valence-electron chi connectivity index (χ3n) is 4.46. The van der Waals surface area contributed by atoms with E-state index in [1.165, 1.54) is 0 Å². The molecular weight excluding hydrogens is 418 g/mol. The van der Waals surface area contributed by atoms with Crippen molar-refractivity contribution < 1.29 is 9.53 Å². The number of halogens is 1. The summed E-state index contributed by atoms with van der Waals surface area (Å²) in [5, 5.41) is 7.28. The number of nitrogens with one attached hydrogen (secondary N) is 2. The van der Waals surface area contributed by atoms with Gasteiger partial charge in [0.15, 0.2) is 6.10 Å². The van der Waals surface area contributed by atoms with E-state index < -0.39 is 6.10 Å². The molecule has 0 fully saturated rings. The molecule has 1 atom stereocenters. The number of amides is 1. The number of aromatic nitrogens is 1. The van der Waals surface area contributed by atoms with Gasteiger partial charge in [-0.15, -0.1) is 0 Å². The standard InChI is InChI=1S/C22H18BrN3O2/c1-14(28-19-8-6-15-4-2-3-5-16(15)10-19)22(27)26-25-13-17-12-24-21-9-7-18(23)11-20(17)21/h2-14,24H,1H3,(H,26,27)/b25-13-/t14-/m1/s1. The van der Waals surface area contributed by atoms with E-state index in [1.54, 1.807) is 13.1 Å². The Hall–Kier alpha value is -3.12. The van der Waals surface area contributed by atoms with Gasteiger partial charge in [0, 0.05) is 27.1 Å². The highest BCUT2D eigenvalue weighted by Crippen LogP contribution is 2.22. The number of hydrazone groups is 1. The lowest BCUT2D eigenvalue weighted by Gasteiger charge is -2.13. The average Bonchev–Trinajstić information content (AvgIpc) is 3.10. The molecule has 0 bridgehead atoms. The zero-order valence-corrected chi connectivity index (χ0v) is 16.7. The van der Waals surface area contributed by atoms with E-state index in [0.29, 0.717) is 5.75 Å². The normalized spacial score (nSPS) is 12.5. The number of carbonyl (C=O) groups is 1. The predicted octanol–water partition coefficient (Wildman–Crippen LogP) is 5.00. The summed E-state index contributed by atoms with van der Waals surface area (Å²) in [4.78, 5) is 15.5. The van der Waals surface area contributed by atoms with Crippen molar-refractivity contribution in [3.8, 4) is 5.75 Å². The van der Waals surface area contributed by atoms with Crippen LogP contribution in [-0.4, -0.2) is 23.2 Å². The maximum absolute atomic E-state index is 12.3. The van der Waals surface area contributed by atoms with Crippen LogP contribution in [0.4, 0.5) is 0 Å². The number of aromatic amines is 1. The molecule has 1 aromatic heterocycles. The molecule has 0 spiro atoms. The van der Waals surface area contributed by atoms with Crippen molar-refractivity contribution in [1.29, 1.82) is 0 Å². The molecule has 1 heterocycles. The van der Waals surface area contributed by atoms with Crippen LogP contribution in [0.5, 0.6) is 5.75 Å². The fourth-order valence-electron chi connectivity index (χ4n) is 2.98. The van der Waals surface area contributed by atoms with E-state index in [4.69, 9.17) is 4.74 Å². The third-order valence-corrected chi connectivity index (χ3v) is 4.95. The van der Waals surface area contributed by atoms with Crippen LogP contribution in [0, 0.1) is 0 Å². The maximum atomic E-state index is 12.3. The summed E-state index contributed by atoms with van der Waals surface area (Å²) >= 11 is 3.46. The number of nitrogens with zero attached hydrogens (tertiary/aromatic N) is 1. The van der Waals surface area contributed by atoms with Crippen molar-refractivity contribution in [3.63, 3.8) is 0 Å². The van der Waals surface area contributed by atoms with Crippen molar-refractivity contribution in [1.82, 2.24) is 10.4 Å². The lowest BCUT2D eigenvalue weighted by molar-refractivity contribution is -0.127. The van der Waals surface area contributed by atoms with E-state index in [0.717, 1.165) is 31.7 Å². The van der Waals surface area contributed by atoms with E-state index in [2.05, 4.69) is 31.4 Å². The van der Waals surface area contributed by atoms with Gasteiger partial charge >= 0.3 is 0 Å². The first-order valence-corrected chi connectivity index (χ1v) is 9.64. The second kappa shape index (κ2) is 7.86. The monoisotopic (exact) mass is 435 g/mol. The number of H-pyrrole nitrogens is 1. The zero-order chi connectivity index (χ0) is 19.5. The first-order chi connectivity index (χ1) is 13.6. The quantitative estimate of drug-likeness (QED) is 0.342. The van der Waals surface area contributed by atoms with Crippen LogP contribution in [0.15, 0.2) is 76.4 Å². The summed E-state index contributed by atoms with van der Waals surface area (Å²) in [6.45, 7) is 1.70. The van der Waals surface area contributed by atoms with Crippen LogP contribution in [0.2, 0.25) is 0 Å². The largest absolute Gasteiger partial charge is 0.481 e. The number of rotatable bonds is 5. The molecule has 140 valence electrons. The zero-order valence-electron chi connectivity index (χ0n) is 15.1. The Morgan fingerprint density at radius 3 is 2.82 bits per heavy atom. The van der Waals surface area contributed by atoms with Crippen molar-refractivity contribution in [2.45, 2.75) is 13.0 Å². The highest BCUT2D eigenvalue weighted by atomic mass is 79.9. The van der Waals surface area contributed by atoms with Gasteiger partial charge in [-0.25, -0.2) is 5.43 Å². The molecule has 28 heavy (non-hydrogen) atoms. The second-order valence-corrected chi connectivity index (χ2v) is 7.35. The Morgan fingerprint density at radius 1 is 1.14 bits per heavy atom.